The molecule has 2 heterocycles. The van der Waals surface area contributed by atoms with Gasteiger partial charge < -0.3 is 10.1 Å². The number of fused-ring (bicyclic) bond motifs is 1. The lowest BCUT2D eigenvalue weighted by Crippen LogP contribution is -2.37. The van der Waals surface area contributed by atoms with E-state index < -0.39 is 0 Å². The van der Waals surface area contributed by atoms with Crippen molar-refractivity contribution in [1.82, 2.24) is 19.9 Å². The average Bonchev–Trinajstić information content (AvgIpc) is 2.98. The molecule has 0 aromatic carbocycles. The third-order valence-corrected chi connectivity index (χ3v) is 4.56. The van der Waals surface area contributed by atoms with Gasteiger partial charge in [0.25, 0.3) is 5.91 Å². The highest BCUT2D eigenvalue weighted by atomic mass is 16.5. The molecule has 2 aromatic rings. The highest BCUT2D eigenvalue weighted by Crippen LogP contribution is 2.26. The number of hydrogen-bond donors (Lipinski definition) is 1. The fourth-order valence-electron chi connectivity index (χ4n) is 3.10. The van der Waals surface area contributed by atoms with E-state index in [-0.39, 0.29) is 11.9 Å². The van der Waals surface area contributed by atoms with Gasteiger partial charge >= 0.3 is 0 Å². The van der Waals surface area contributed by atoms with Crippen molar-refractivity contribution in [2.24, 2.45) is 5.92 Å². The topological polar surface area (TPSA) is 68.5 Å². The van der Waals surface area contributed by atoms with Gasteiger partial charge in [-0.3, -0.25) is 4.79 Å². The molecule has 6 nitrogen and oxygen atoms in total. The summed E-state index contributed by atoms with van der Waals surface area (Å²) in [7, 11) is 1.56. The van der Waals surface area contributed by atoms with Crippen LogP contribution in [0.3, 0.4) is 0 Å². The van der Waals surface area contributed by atoms with Crippen LogP contribution in [0.2, 0.25) is 0 Å². The van der Waals surface area contributed by atoms with Gasteiger partial charge in [-0.05, 0) is 31.6 Å². The summed E-state index contributed by atoms with van der Waals surface area (Å²) in [5, 5.41) is 7.29. The SMILES string of the molecule is CCC1CCC(NC(=O)c2cnn3ccc(OC)nc23)CC1. The van der Waals surface area contributed by atoms with E-state index in [0.29, 0.717) is 17.1 Å². The Balaban J connectivity index is 1.72. The Morgan fingerprint density at radius 1 is 1.41 bits per heavy atom. The predicted octanol–water partition coefficient (Wildman–Crippen LogP) is 2.44. The molecular formula is C16H22N4O2. The molecule has 118 valence electrons. The molecule has 0 bridgehead atoms. The quantitative estimate of drug-likeness (QED) is 0.942. The molecule has 1 fully saturated rings. The molecule has 0 aliphatic heterocycles. The molecule has 2 aromatic heterocycles. The second-order valence-electron chi connectivity index (χ2n) is 5.90. The van der Waals surface area contributed by atoms with Crippen LogP contribution in [0.25, 0.3) is 5.65 Å². The van der Waals surface area contributed by atoms with Gasteiger partial charge in [0.05, 0.1) is 13.3 Å². The number of aromatic nitrogens is 3. The minimum Gasteiger partial charge on any atom is -0.481 e. The normalized spacial score (nSPS) is 21.7. The number of carbonyl (C=O) groups is 1. The number of ether oxygens (including phenoxy) is 1. The Morgan fingerprint density at radius 3 is 2.86 bits per heavy atom. The number of rotatable bonds is 4. The molecule has 0 unspecified atom stereocenters. The van der Waals surface area contributed by atoms with Crippen LogP contribution in [0.15, 0.2) is 18.5 Å². The van der Waals surface area contributed by atoms with Gasteiger partial charge in [-0.2, -0.15) is 10.1 Å². The van der Waals surface area contributed by atoms with E-state index >= 15 is 0 Å². The van der Waals surface area contributed by atoms with Crippen molar-refractivity contribution in [2.45, 2.75) is 45.1 Å². The van der Waals surface area contributed by atoms with Gasteiger partial charge in [-0.25, -0.2) is 4.52 Å². The molecular weight excluding hydrogens is 280 g/mol. The molecule has 1 N–H and O–H groups in total. The molecule has 1 aliphatic carbocycles. The van der Waals surface area contributed by atoms with Gasteiger partial charge in [0.15, 0.2) is 5.65 Å². The third kappa shape index (κ3) is 2.91. The molecule has 1 saturated carbocycles. The van der Waals surface area contributed by atoms with E-state index in [1.165, 1.54) is 19.3 Å². The molecule has 1 aliphatic rings. The number of carbonyl (C=O) groups excluding carboxylic acids is 1. The van der Waals surface area contributed by atoms with Crippen LogP contribution in [0.4, 0.5) is 0 Å². The fraction of sp³-hybridized carbons (Fsp3) is 0.562. The average molecular weight is 302 g/mol. The highest BCUT2D eigenvalue weighted by Gasteiger charge is 2.23. The number of amides is 1. The van der Waals surface area contributed by atoms with E-state index in [2.05, 4.69) is 22.3 Å². The van der Waals surface area contributed by atoms with Crippen LogP contribution in [0.5, 0.6) is 5.88 Å². The first kappa shape index (κ1) is 14.8. The zero-order valence-electron chi connectivity index (χ0n) is 13.1. The van der Waals surface area contributed by atoms with E-state index in [9.17, 15) is 4.79 Å². The summed E-state index contributed by atoms with van der Waals surface area (Å²) in [6.45, 7) is 2.24. The van der Waals surface area contributed by atoms with Crippen molar-refractivity contribution in [1.29, 1.82) is 0 Å². The lowest BCUT2D eigenvalue weighted by Gasteiger charge is -2.28. The minimum absolute atomic E-state index is 0.101. The monoisotopic (exact) mass is 302 g/mol. The lowest BCUT2D eigenvalue weighted by atomic mass is 9.84. The van der Waals surface area contributed by atoms with Gasteiger partial charge in [-0.1, -0.05) is 13.3 Å². The summed E-state index contributed by atoms with van der Waals surface area (Å²) in [6, 6.07) is 1.98. The maximum Gasteiger partial charge on any atom is 0.256 e. The molecule has 1 amide bonds. The molecule has 0 spiro atoms. The van der Waals surface area contributed by atoms with Gasteiger partial charge in [-0.15, -0.1) is 0 Å². The second kappa shape index (κ2) is 6.34. The maximum atomic E-state index is 12.5. The van der Waals surface area contributed by atoms with Gasteiger partial charge in [0.1, 0.15) is 5.56 Å². The van der Waals surface area contributed by atoms with E-state index in [4.69, 9.17) is 4.74 Å². The van der Waals surface area contributed by atoms with Crippen LogP contribution in [-0.4, -0.2) is 33.7 Å². The fourth-order valence-corrected chi connectivity index (χ4v) is 3.10. The second-order valence-corrected chi connectivity index (χ2v) is 5.90. The van der Waals surface area contributed by atoms with Crippen LogP contribution < -0.4 is 10.1 Å². The third-order valence-electron chi connectivity index (χ3n) is 4.56. The van der Waals surface area contributed by atoms with E-state index in [1.54, 1.807) is 30.1 Å². The largest absolute Gasteiger partial charge is 0.481 e. The number of hydrogen-bond acceptors (Lipinski definition) is 4. The van der Waals surface area contributed by atoms with Crippen molar-refractivity contribution < 1.29 is 9.53 Å². The number of methoxy groups -OCH3 is 1. The van der Waals surface area contributed by atoms with Crippen molar-refractivity contribution in [2.75, 3.05) is 7.11 Å². The summed E-state index contributed by atoms with van der Waals surface area (Å²) in [5.41, 5.74) is 1.02. The minimum atomic E-state index is -0.101. The Morgan fingerprint density at radius 2 is 2.18 bits per heavy atom. The highest BCUT2D eigenvalue weighted by molar-refractivity contribution is 5.99. The molecule has 0 radical (unpaired) electrons. The number of nitrogens with one attached hydrogen (secondary N) is 1. The first-order valence-electron chi connectivity index (χ1n) is 7.90. The Bertz CT molecular complexity index is 659. The molecule has 0 atom stereocenters. The van der Waals surface area contributed by atoms with Crippen LogP contribution in [-0.2, 0) is 0 Å². The predicted molar refractivity (Wildman–Crippen MR) is 83.0 cm³/mol. The van der Waals surface area contributed by atoms with Crippen LogP contribution in [0, 0.1) is 5.92 Å². The van der Waals surface area contributed by atoms with Crippen molar-refractivity contribution in [3.05, 3.63) is 24.0 Å². The first-order valence-corrected chi connectivity index (χ1v) is 7.90. The summed E-state index contributed by atoms with van der Waals surface area (Å²) >= 11 is 0. The summed E-state index contributed by atoms with van der Waals surface area (Å²) in [5.74, 6) is 1.19. The zero-order valence-corrected chi connectivity index (χ0v) is 13.1. The summed E-state index contributed by atoms with van der Waals surface area (Å²) < 4.78 is 6.71. The standard InChI is InChI=1S/C16H22N4O2/c1-3-11-4-6-12(7-5-11)18-16(21)13-10-17-20-9-8-14(22-2)19-15(13)20/h8-12H,3-7H2,1-2H3,(H,18,21). The van der Waals surface area contributed by atoms with Gasteiger partial charge in [0, 0.05) is 18.3 Å². The zero-order chi connectivity index (χ0) is 15.5. The van der Waals surface area contributed by atoms with Crippen molar-refractivity contribution in [3.8, 4) is 5.88 Å². The van der Waals surface area contributed by atoms with E-state index in [1.807, 2.05) is 0 Å². The maximum absolute atomic E-state index is 12.5. The Hall–Kier alpha value is -2.11. The molecule has 22 heavy (non-hydrogen) atoms. The lowest BCUT2D eigenvalue weighted by molar-refractivity contribution is 0.0923. The summed E-state index contributed by atoms with van der Waals surface area (Å²) in [6.07, 6.45) is 9.04. The molecule has 0 saturated heterocycles. The van der Waals surface area contributed by atoms with Crippen LogP contribution >= 0.6 is 0 Å². The summed E-state index contributed by atoms with van der Waals surface area (Å²) in [4.78, 5) is 16.8. The number of nitrogens with zero attached hydrogens (tertiary/aromatic N) is 3. The van der Waals surface area contributed by atoms with Crippen molar-refractivity contribution in [3.63, 3.8) is 0 Å². The van der Waals surface area contributed by atoms with Crippen LogP contribution in [0.1, 0.15) is 49.4 Å². The first-order chi connectivity index (χ1) is 10.7. The van der Waals surface area contributed by atoms with Gasteiger partial charge in [0.2, 0.25) is 5.88 Å². The Kier molecular flexibility index (Phi) is 4.27. The van der Waals surface area contributed by atoms with E-state index in [0.717, 1.165) is 18.8 Å². The Labute approximate surface area is 129 Å². The van der Waals surface area contributed by atoms with Crippen molar-refractivity contribution >= 4 is 11.6 Å². The molecule has 3 rings (SSSR count). The molecule has 6 heteroatoms. The smallest absolute Gasteiger partial charge is 0.256 e.